The van der Waals surface area contributed by atoms with Crippen molar-refractivity contribution in [3.8, 4) is 10.6 Å². The summed E-state index contributed by atoms with van der Waals surface area (Å²) in [6.07, 6.45) is 1.36. The Bertz CT molecular complexity index is 1240. The second-order valence-electron chi connectivity index (χ2n) is 6.61. The maximum atomic E-state index is 13.3. The summed E-state index contributed by atoms with van der Waals surface area (Å²) >= 11 is 7.48. The normalized spacial score (nSPS) is 11.1. The fraction of sp³-hybridized carbons (Fsp3) is 0.190. The van der Waals surface area contributed by atoms with E-state index in [1.165, 1.54) is 23.5 Å². The molecule has 2 aromatic carbocycles. The number of hydrogen-bond donors (Lipinski definition) is 1. The fourth-order valence-electron chi connectivity index (χ4n) is 2.94. The molecule has 1 amide bonds. The molecule has 0 spiro atoms. The van der Waals surface area contributed by atoms with Crippen LogP contribution in [0, 0.1) is 12.7 Å². The number of benzene rings is 2. The molecule has 0 aliphatic rings. The van der Waals surface area contributed by atoms with Crippen LogP contribution >= 0.6 is 22.9 Å². The molecule has 0 aliphatic carbocycles. The molecule has 0 saturated carbocycles. The molecule has 0 saturated heterocycles. The minimum Gasteiger partial charge on any atom is -0.444 e. The number of ether oxygens (including phenoxy) is 1. The summed E-state index contributed by atoms with van der Waals surface area (Å²) in [6, 6.07) is 9.65. The lowest BCUT2D eigenvalue weighted by molar-refractivity contribution is 0.156. The largest absolute Gasteiger partial charge is 0.444 e. The van der Waals surface area contributed by atoms with Crippen LogP contribution in [0.15, 0.2) is 42.6 Å². The van der Waals surface area contributed by atoms with E-state index in [0.29, 0.717) is 16.3 Å². The van der Waals surface area contributed by atoms with Crippen molar-refractivity contribution in [1.82, 2.24) is 14.8 Å². The van der Waals surface area contributed by atoms with Gasteiger partial charge in [0.2, 0.25) is 0 Å². The van der Waals surface area contributed by atoms with Crippen LogP contribution in [-0.4, -0.2) is 20.9 Å². The standard InChI is InChI=1S/C21H18ClFN4O2S/c1-3-27-10-13-8-15(5-7-18(13)26-27)25-21(28)29-11-19-12(2)24-20(30-19)16-6-4-14(23)9-17(16)22/h4-10H,3,11H2,1-2H3,(H,25,28). The molecule has 0 radical (unpaired) electrons. The van der Waals surface area contributed by atoms with Gasteiger partial charge < -0.3 is 4.74 Å². The SMILES string of the molecule is CCn1cc2cc(NC(=O)OCc3sc(-c4ccc(F)cc4Cl)nc3C)ccc2n1. The maximum Gasteiger partial charge on any atom is 0.411 e. The van der Waals surface area contributed by atoms with Gasteiger partial charge >= 0.3 is 6.09 Å². The van der Waals surface area contributed by atoms with Crippen molar-refractivity contribution in [2.45, 2.75) is 27.0 Å². The number of rotatable bonds is 5. The number of fused-ring (bicyclic) bond motifs is 1. The first kappa shape index (κ1) is 20.3. The molecule has 0 fully saturated rings. The Kier molecular flexibility index (Phi) is 5.69. The lowest BCUT2D eigenvalue weighted by Crippen LogP contribution is -2.13. The zero-order valence-corrected chi connectivity index (χ0v) is 17.9. The number of anilines is 1. The smallest absolute Gasteiger partial charge is 0.411 e. The lowest BCUT2D eigenvalue weighted by atomic mass is 10.2. The number of hydrogen-bond acceptors (Lipinski definition) is 5. The number of carbonyl (C=O) groups excluding carboxylic acids is 1. The van der Waals surface area contributed by atoms with E-state index in [2.05, 4.69) is 15.4 Å². The molecule has 0 bridgehead atoms. The highest BCUT2D eigenvalue weighted by molar-refractivity contribution is 7.15. The monoisotopic (exact) mass is 444 g/mol. The van der Waals surface area contributed by atoms with Gasteiger partial charge in [0.25, 0.3) is 0 Å². The third kappa shape index (κ3) is 4.29. The quantitative estimate of drug-likeness (QED) is 0.408. The van der Waals surface area contributed by atoms with E-state index >= 15 is 0 Å². The molecule has 1 N–H and O–H groups in total. The molecule has 30 heavy (non-hydrogen) atoms. The van der Waals surface area contributed by atoms with E-state index in [-0.39, 0.29) is 11.6 Å². The lowest BCUT2D eigenvalue weighted by Gasteiger charge is -2.06. The molecule has 2 aromatic heterocycles. The number of amides is 1. The number of aryl methyl sites for hydroxylation is 2. The second kappa shape index (κ2) is 8.41. The van der Waals surface area contributed by atoms with Gasteiger partial charge in [-0.2, -0.15) is 5.10 Å². The number of halogens is 2. The molecule has 154 valence electrons. The zero-order valence-electron chi connectivity index (χ0n) is 16.3. The minimum absolute atomic E-state index is 0.0736. The van der Waals surface area contributed by atoms with Crippen molar-refractivity contribution in [1.29, 1.82) is 0 Å². The summed E-state index contributed by atoms with van der Waals surface area (Å²) in [4.78, 5) is 17.5. The Hall–Kier alpha value is -2.97. The van der Waals surface area contributed by atoms with Crippen LogP contribution in [0.25, 0.3) is 21.5 Å². The topological polar surface area (TPSA) is 69.0 Å². The second-order valence-corrected chi connectivity index (χ2v) is 8.10. The number of carbonyl (C=O) groups is 1. The van der Waals surface area contributed by atoms with Gasteiger partial charge in [-0.3, -0.25) is 10.00 Å². The van der Waals surface area contributed by atoms with Crippen molar-refractivity contribution in [3.63, 3.8) is 0 Å². The van der Waals surface area contributed by atoms with Crippen LogP contribution in [0.2, 0.25) is 5.02 Å². The molecular formula is C21H18ClFN4O2S. The number of aromatic nitrogens is 3. The van der Waals surface area contributed by atoms with Gasteiger partial charge in [-0.05, 0) is 50.2 Å². The number of nitrogens with zero attached hydrogens (tertiary/aromatic N) is 3. The van der Waals surface area contributed by atoms with Gasteiger partial charge in [-0.15, -0.1) is 11.3 Å². The Labute approximate surface area is 181 Å². The molecule has 0 aliphatic heterocycles. The average molecular weight is 445 g/mol. The van der Waals surface area contributed by atoms with Crippen LogP contribution in [0.1, 0.15) is 17.5 Å². The number of nitrogens with one attached hydrogen (secondary N) is 1. The van der Waals surface area contributed by atoms with Crippen LogP contribution in [-0.2, 0) is 17.9 Å². The fourth-order valence-corrected chi connectivity index (χ4v) is 4.27. The predicted octanol–water partition coefficient (Wildman–Crippen LogP) is 6.03. The van der Waals surface area contributed by atoms with Gasteiger partial charge in [0.1, 0.15) is 17.4 Å². The van der Waals surface area contributed by atoms with E-state index in [9.17, 15) is 9.18 Å². The highest BCUT2D eigenvalue weighted by atomic mass is 35.5. The summed E-state index contributed by atoms with van der Waals surface area (Å²) < 4.78 is 20.5. The van der Waals surface area contributed by atoms with Crippen molar-refractivity contribution in [2.24, 2.45) is 0 Å². The predicted molar refractivity (Wildman–Crippen MR) is 116 cm³/mol. The maximum absolute atomic E-state index is 13.3. The van der Waals surface area contributed by atoms with Crippen LogP contribution in [0.3, 0.4) is 0 Å². The molecule has 2 heterocycles. The van der Waals surface area contributed by atoms with Gasteiger partial charge in [0, 0.05) is 29.4 Å². The van der Waals surface area contributed by atoms with Gasteiger partial charge in [0.15, 0.2) is 0 Å². The molecular weight excluding hydrogens is 427 g/mol. The summed E-state index contributed by atoms with van der Waals surface area (Å²) in [5.74, 6) is -0.405. The first-order chi connectivity index (χ1) is 14.4. The first-order valence-corrected chi connectivity index (χ1v) is 10.4. The summed E-state index contributed by atoms with van der Waals surface area (Å²) in [6.45, 7) is 4.69. The Morgan fingerprint density at radius 3 is 2.90 bits per heavy atom. The third-order valence-electron chi connectivity index (χ3n) is 4.51. The molecule has 9 heteroatoms. The third-order valence-corrected chi connectivity index (χ3v) is 5.99. The van der Waals surface area contributed by atoms with Crippen molar-refractivity contribution in [3.05, 3.63) is 64.0 Å². The van der Waals surface area contributed by atoms with Crippen LogP contribution in [0.4, 0.5) is 14.9 Å². The average Bonchev–Trinajstić information content (AvgIpc) is 3.29. The Balaban J connectivity index is 1.42. The van der Waals surface area contributed by atoms with Crippen molar-refractivity contribution >= 4 is 45.6 Å². The van der Waals surface area contributed by atoms with E-state index in [1.54, 1.807) is 12.1 Å². The molecule has 4 rings (SSSR count). The molecule has 4 aromatic rings. The van der Waals surface area contributed by atoms with Gasteiger partial charge in [0.05, 0.1) is 21.1 Å². The van der Waals surface area contributed by atoms with Crippen molar-refractivity contribution in [2.75, 3.05) is 5.32 Å². The minimum atomic E-state index is -0.564. The van der Waals surface area contributed by atoms with E-state index in [1.807, 2.05) is 36.9 Å². The highest BCUT2D eigenvalue weighted by Gasteiger charge is 2.14. The summed E-state index contributed by atoms with van der Waals surface area (Å²) in [5.41, 5.74) is 2.87. The van der Waals surface area contributed by atoms with Gasteiger partial charge in [-0.25, -0.2) is 14.2 Å². The van der Waals surface area contributed by atoms with E-state index in [0.717, 1.165) is 28.0 Å². The first-order valence-electron chi connectivity index (χ1n) is 9.25. The van der Waals surface area contributed by atoms with Crippen LogP contribution in [0.5, 0.6) is 0 Å². The van der Waals surface area contributed by atoms with E-state index < -0.39 is 11.9 Å². The summed E-state index contributed by atoms with van der Waals surface area (Å²) in [5, 5.41) is 9.01. The van der Waals surface area contributed by atoms with Gasteiger partial charge in [-0.1, -0.05) is 11.6 Å². The summed E-state index contributed by atoms with van der Waals surface area (Å²) in [7, 11) is 0. The van der Waals surface area contributed by atoms with Crippen molar-refractivity contribution < 1.29 is 13.9 Å². The zero-order chi connectivity index (χ0) is 21.3. The molecule has 0 atom stereocenters. The number of thiazole rings is 1. The molecule has 6 nitrogen and oxygen atoms in total. The highest BCUT2D eigenvalue weighted by Crippen LogP contribution is 2.33. The van der Waals surface area contributed by atoms with E-state index in [4.69, 9.17) is 16.3 Å². The Morgan fingerprint density at radius 2 is 2.13 bits per heavy atom. The van der Waals surface area contributed by atoms with Crippen LogP contribution < -0.4 is 5.32 Å². The Morgan fingerprint density at radius 1 is 1.30 bits per heavy atom. The molecule has 0 unspecified atom stereocenters.